The molecule has 0 bridgehead atoms. The summed E-state index contributed by atoms with van der Waals surface area (Å²) < 4.78 is 1.11. The van der Waals surface area contributed by atoms with Gasteiger partial charge >= 0.3 is 0 Å². The molecule has 0 amide bonds. The number of hydrogen-bond acceptors (Lipinski definition) is 2. The van der Waals surface area contributed by atoms with Crippen molar-refractivity contribution < 1.29 is 0 Å². The van der Waals surface area contributed by atoms with Gasteiger partial charge in [0.25, 0.3) is 0 Å². The molecule has 2 N–H and O–H groups in total. The van der Waals surface area contributed by atoms with E-state index in [0.29, 0.717) is 0 Å². The SMILES string of the molecule is CC(N)C(c1ccccc1)N(C)Cc1ccc(Br)cc1. The highest BCUT2D eigenvalue weighted by molar-refractivity contribution is 9.10. The second kappa shape index (κ2) is 7.02. The molecule has 20 heavy (non-hydrogen) atoms. The summed E-state index contributed by atoms with van der Waals surface area (Å²) in [6, 6.07) is 19.2. The monoisotopic (exact) mass is 332 g/mol. The normalized spacial score (nSPS) is 14.2. The van der Waals surface area contributed by atoms with Crippen LogP contribution in [0, 0.1) is 0 Å². The molecule has 2 aromatic carbocycles. The molecule has 2 unspecified atom stereocenters. The third-order valence-electron chi connectivity index (χ3n) is 3.46. The fourth-order valence-electron chi connectivity index (χ4n) is 2.59. The van der Waals surface area contributed by atoms with Gasteiger partial charge in [-0.3, -0.25) is 4.90 Å². The zero-order valence-electron chi connectivity index (χ0n) is 12.0. The Balaban J connectivity index is 2.15. The highest BCUT2D eigenvalue weighted by Gasteiger charge is 2.20. The first-order chi connectivity index (χ1) is 9.58. The van der Waals surface area contributed by atoms with Gasteiger partial charge in [0.05, 0.1) is 0 Å². The van der Waals surface area contributed by atoms with Crippen molar-refractivity contribution in [3.8, 4) is 0 Å². The Hall–Kier alpha value is -1.16. The first kappa shape index (κ1) is 15.2. The second-order valence-electron chi connectivity index (χ2n) is 5.26. The van der Waals surface area contributed by atoms with Crippen LogP contribution in [-0.2, 0) is 6.54 Å². The van der Waals surface area contributed by atoms with E-state index in [-0.39, 0.29) is 12.1 Å². The molecule has 2 nitrogen and oxygen atoms in total. The van der Waals surface area contributed by atoms with E-state index in [1.807, 2.05) is 6.07 Å². The molecule has 2 atom stereocenters. The summed E-state index contributed by atoms with van der Waals surface area (Å²) in [5.74, 6) is 0. The van der Waals surface area contributed by atoms with E-state index >= 15 is 0 Å². The Morgan fingerprint density at radius 1 is 1.05 bits per heavy atom. The van der Waals surface area contributed by atoms with Gasteiger partial charge in [-0.1, -0.05) is 58.4 Å². The van der Waals surface area contributed by atoms with Crippen molar-refractivity contribution in [2.24, 2.45) is 5.73 Å². The molecule has 0 heterocycles. The fourth-order valence-corrected chi connectivity index (χ4v) is 2.85. The van der Waals surface area contributed by atoms with E-state index in [1.54, 1.807) is 0 Å². The van der Waals surface area contributed by atoms with Gasteiger partial charge in [0, 0.05) is 23.1 Å². The van der Waals surface area contributed by atoms with Gasteiger partial charge in [-0.15, -0.1) is 0 Å². The van der Waals surface area contributed by atoms with Gasteiger partial charge < -0.3 is 5.73 Å². The van der Waals surface area contributed by atoms with E-state index in [4.69, 9.17) is 5.73 Å². The third-order valence-corrected chi connectivity index (χ3v) is 3.99. The van der Waals surface area contributed by atoms with Gasteiger partial charge in [-0.05, 0) is 37.2 Å². The summed E-state index contributed by atoms with van der Waals surface area (Å²) in [5.41, 5.74) is 8.75. The minimum Gasteiger partial charge on any atom is -0.326 e. The zero-order valence-corrected chi connectivity index (χ0v) is 13.5. The molecule has 0 radical (unpaired) electrons. The molecular formula is C17H21BrN2. The van der Waals surface area contributed by atoms with Gasteiger partial charge in [-0.2, -0.15) is 0 Å². The molecule has 0 aliphatic heterocycles. The van der Waals surface area contributed by atoms with Gasteiger partial charge in [0.2, 0.25) is 0 Å². The van der Waals surface area contributed by atoms with Crippen LogP contribution in [0.1, 0.15) is 24.1 Å². The Labute approximate surface area is 129 Å². The lowest BCUT2D eigenvalue weighted by Gasteiger charge is -2.31. The number of hydrogen-bond donors (Lipinski definition) is 1. The Morgan fingerprint density at radius 2 is 1.65 bits per heavy atom. The van der Waals surface area contributed by atoms with Gasteiger partial charge in [-0.25, -0.2) is 0 Å². The lowest BCUT2D eigenvalue weighted by atomic mass is 9.99. The Bertz CT molecular complexity index is 522. The van der Waals surface area contributed by atoms with E-state index in [9.17, 15) is 0 Å². The van der Waals surface area contributed by atoms with Crippen LogP contribution < -0.4 is 5.73 Å². The van der Waals surface area contributed by atoms with E-state index in [0.717, 1.165) is 11.0 Å². The maximum absolute atomic E-state index is 6.20. The van der Waals surface area contributed by atoms with Crippen LogP contribution >= 0.6 is 15.9 Å². The number of likely N-dealkylation sites (N-methyl/N-ethyl adjacent to an activating group) is 1. The molecular weight excluding hydrogens is 312 g/mol. The first-order valence-corrected chi connectivity index (χ1v) is 7.62. The summed E-state index contributed by atoms with van der Waals surface area (Å²) in [6.07, 6.45) is 0. The van der Waals surface area contributed by atoms with E-state index in [1.165, 1.54) is 11.1 Å². The van der Waals surface area contributed by atoms with Crippen molar-refractivity contribution in [3.63, 3.8) is 0 Å². The standard InChI is InChI=1S/C17H21BrN2/c1-13(19)17(15-6-4-3-5-7-15)20(2)12-14-8-10-16(18)11-9-14/h3-11,13,17H,12,19H2,1-2H3. The highest BCUT2D eigenvalue weighted by Crippen LogP contribution is 2.24. The number of halogens is 1. The summed E-state index contributed by atoms with van der Waals surface area (Å²) >= 11 is 3.47. The summed E-state index contributed by atoms with van der Waals surface area (Å²) in [6.45, 7) is 2.95. The van der Waals surface area contributed by atoms with Crippen LogP contribution in [-0.4, -0.2) is 18.0 Å². The average molecular weight is 333 g/mol. The van der Waals surface area contributed by atoms with Crippen LogP contribution in [0.25, 0.3) is 0 Å². The largest absolute Gasteiger partial charge is 0.326 e. The maximum atomic E-state index is 6.20. The van der Waals surface area contributed by atoms with Crippen LogP contribution in [0.15, 0.2) is 59.1 Å². The minimum absolute atomic E-state index is 0.0813. The average Bonchev–Trinajstić information content (AvgIpc) is 2.42. The molecule has 0 fully saturated rings. The van der Waals surface area contributed by atoms with Gasteiger partial charge in [0.1, 0.15) is 0 Å². The molecule has 0 spiro atoms. The highest BCUT2D eigenvalue weighted by atomic mass is 79.9. The number of nitrogens with two attached hydrogens (primary N) is 1. The van der Waals surface area contributed by atoms with Crippen molar-refractivity contribution in [2.45, 2.75) is 25.6 Å². The van der Waals surface area contributed by atoms with Crippen molar-refractivity contribution in [3.05, 3.63) is 70.2 Å². The quantitative estimate of drug-likeness (QED) is 0.897. The van der Waals surface area contributed by atoms with E-state index in [2.05, 4.69) is 83.3 Å². The predicted molar refractivity (Wildman–Crippen MR) is 88.4 cm³/mol. The topological polar surface area (TPSA) is 29.3 Å². The molecule has 0 saturated carbocycles. The minimum atomic E-state index is 0.0813. The lowest BCUT2D eigenvalue weighted by molar-refractivity contribution is 0.211. The lowest BCUT2D eigenvalue weighted by Crippen LogP contribution is -2.36. The van der Waals surface area contributed by atoms with Crippen LogP contribution in [0.3, 0.4) is 0 Å². The Morgan fingerprint density at radius 3 is 2.20 bits per heavy atom. The summed E-state index contributed by atoms with van der Waals surface area (Å²) in [5, 5.41) is 0. The van der Waals surface area contributed by atoms with Crippen LogP contribution in [0.4, 0.5) is 0 Å². The number of nitrogens with zero attached hydrogens (tertiary/aromatic N) is 1. The summed E-state index contributed by atoms with van der Waals surface area (Å²) in [7, 11) is 2.13. The van der Waals surface area contributed by atoms with Crippen molar-refractivity contribution in [1.29, 1.82) is 0 Å². The molecule has 0 aromatic heterocycles. The molecule has 3 heteroatoms. The first-order valence-electron chi connectivity index (χ1n) is 6.83. The van der Waals surface area contributed by atoms with Crippen molar-refractivity contribution in [1.82, 2.24) is 4.90 Å². The van der Waals surface area contributed by atoms with Crippen molar-refractivity contribution in [2.75, 3.05) is 7.05 Å². The Kier molecular flexibility index (Phi) is 5.35. The molecule has 106 valence electrons. The number of benzene rings is 2. The molecule has 0 aliphatic rings. The van der Waals surface area contributed by atoms with Crippen molar-refractivity contribution >= 4 is 15.9 Å². The predicted octanol–water partition coefficient (Wildman–Crippen LogP) is 3.97. The third kappa shape index (κ3) is 3.92. The molecule has 2 rings (SSSR count). The van der Waals surface area contributed by atoms with E-state index < -0.39 is 0 Å². The van der Waals surface area contributed by atoms with Crippen LogP contribution in [0.2, 0.25) is 0 Å². The zero-order chi connectivity index (χ0) is 14.5. The smallest absolute Gasteiger partial charge is 0.0496 e. The number of rotatable bonds is 5. The van der Waals surface area contributed by atoms with Crippen LogP contribution in [0.5, 0.6) is 0 Å². The molecule has 0 saturated heterocycles. The fraction of sp³-hybridized carbons (Fsp3) is 0.294. The molecule has 2 aromatic rings. The molecule has 0 aliphatic carbocycles. The van der Waals surface area contributed by atoms with Gasteiger partial charge in [0.15, 0.2) is 0 Å². The summed E-state index contributed by atoms with van der Waals surface area (Å²) in [4.78, 5) is 2.31. The maximum Gasteiger partial charge on any atom is 0.0496 e. The second-order valence-corrected chi connectivity index (χ2v) is 6.17.